The van der Waals surface area contributed by atoms with Gasteiger partial charge in [-0.25, -0.2) is 4.98 Å². The number of nitrogens with two attached hydrogens (primary N) is 1. The Kier molecular flexibility index (Phi) is 4.30. The van der Waals surface area contributed by atoms with Crippen molar-refractivity contribution < 1.29 is 9.94 Å². The highest BCUT2D eigenvalue weighted by Gasteiger charge is 2.09. The van der Waals surface area contributed by atoms with Crippen LogP contribution in [0.25, 0.3) is 0 Å². The van der Waals surface area contributed by atoms with Gasteiger partial charge in [0.15, 0.2) is 5.84 Å². The van der Waals surface area contributed by atoms with Gasteiger partial charge in [-0.2, -0.15) is 0 Å². The van der Waals surface area contributed by atoms with Crippen molar-refractivity contribution in [2.75, 3.05) is 6.61 Å². The smallest absolute Gasteiger partial charge is 0.173 e. The van der Waals surface area contributed by atoms with Gasteiger partial charge < -0.3 is 15.7 Å². The lowest BCUT2D eigenvalue weighted by Gasteiger charge is -2.09. The lowest BCUT2D eigenvalue weighted by atomic mass is 10.2. The van der Waals surface area contributed by atoms with E-state index in [0.29, 0.717) is 17.9 Å². The summed E-state index contributed by atoms with van der Waals surface area (Å²) >= 11 is 1.60. The Hall–Kier alpha value is -2.15. The van der Waals surface area contributed by atoms with E-state index in [1.165, 1.54) is 4.88 Å². The number of amidine groups is 1. The minimum atomic E-state index is 0.00590. The number of rotatable bonds is 5. The normalized spacial score (nSPS) is 11.5. The largest absolute Gasteiger partial charge is 0.491 e. The van der Waals surface area contributed by atoms with E-state index >= 15 is 0 Å². The molecule has 0 spiro atoms. The third-order valence-corrected chi connectivity index (χ3v) is 3.59. The third-order valence-electron chi connectivity index (χ3n) is 2.60. The maximum absolute atomic E-state index is 8.71. The molecule has 0 aromatic carbocycles. The molecule has 0 aliphatic carbocycles. The van der Waals surface area contributed by atoms with Gasteiger partial charge >= 0.3 is 0 Å². The van der Waals surface area contributed by atoms with Gasteiger partial charge in [0.05, 0.1) is 29.6 Å². The fourth-order valence-corrected chi connectivity index (χ4v) is 2.34. The Bertz CT molecular complexity index is 583. The Labute approximate surface area is 114 Å². The highest BCUT2D eigenvalue weighted by Crippen LogP contribution is 2.18. The molecule has 0 aliphatic heterocycles. The van der Waals surface area contributed by atoms with E-state index in [-0.39, 0.29) is 5.84 Å². The van der Waals surface area contributed by atoms with Crippen LogP contribution in [-0.2, 0) is 6.42 Å². The van der Waals surface area contributed by atoms with E-state index in [2.05, 4.69) is 15.1 Å². The maximum Gasteiger partial charge on any atom is 0.173 e. The Morgan fingerprint density at radius 2 is 2.42 bits per heavy atom. The number of nitrogens with zero attached hydrogens (tertiary/aromatic N) is 3. The van der Waals surface area contributed by atoms with Crippen LogP contribution in [0.15, 0.2) is 29.1 Å². The van der Waals surface area contributed by atoms with E-state index < -0.39 is 0 Å². The first kappa shape index (κ1) is 13.3. The SMILES string of the molecule is Cc1ncsc1CCOc1cnccc1/C(N)=N/O. The quantitative estimate of drug-likeness (QED) is 0.375. The minimum absolute atomic E-state index is 0.00590. The molecule has 19 heavy (non-hydrogen) atoms. The van der Waals surface area contributed by atoms with Crippen molar-refractivity contribution in [2.24, 2.45) is 10.9 Å². The Morgan fingerprint density at radius 3 is 3.11 bits per heavy atom. The number of oxime groups is 1. The van der Waals surface area contributed by atoms with Crippen LogP contribution in [0.3, 0.4) is 0 Å². The van der Waals surface area contributed by atoms with Crippen LogP contribution in [-0.4, -0.2) is 27.6 Å². The zero-order chi connectivity index (χ0) is 13.7. The number of thiazole rings is 1. The third kappa shape index (κ3) is 3.19. The molecule has 100 valence electrons. The van der Waals surface area contributed by atoms with E-state index in [1.54, 1.807) is 29.8 Å². The van der Waals surface area contributed by atoms with Crippen molar-refractivity contribution >= 4 is 17.2 Å². The summed E-state index contributed by atoms with van der Waals surface area (Å²) in [4.78, 5) is 9.34. The Balaban J connectivity index is 2.02. The highest BCUT2D eigenvalue weighted by atomic mass is 32.1. The summed E-state index contributed by atoms with van der Waals surface area (Å²) in [6.45, 7) is 2.46. The van der Waals surface area contributed by atoms with Gasteiger partial charge in [0.25, 0.3) is 0 Å². The van der Waals surface area contributed by atoms with Crippen molar-refractivity contribution in [1.29, 1.82) is 0 Å². The molecule has 0 saturated heterocycles. The second-order valence-electron chi connectivity index (χ2n) is 3.82. The van der Waals surface area contributed by atoms with Gasteiger partial charge in [0.2, 0.25) is 0 Å². The Morgan fingerprint density at radius 1 is 1.58 bits per heavy atom. The summed E-state index contributed by atoms with van der Waals surface area (Å²) in [6, 6.07) is 1.64. The molecule has 2 rings (SSSR count). The first-order chi connectivity index (χ1) is 9.22. The molecule has 2 heterocycles. The molecule has 0 saturated carbocycles. The molecule has 2 aromatic rings. The molecule has 0 radical (unpaired) electrons. The van der Waals surface area contributed by atoms with Crippen LogP contribution in [0.1, 0.15) is 16.1 Å². The van der Waals surface area contributed by atoms with Crippen LogP contribution >= 0.6 is 11.3 Å². The van der Waals surface area contributed by atoms with Crippen LogP contribution in [0.4, 0.5) is 0 Å². The van der Waals surface area contributed by atoms with Crippen LogP contribution in [0.5, 0.6) is 5.75 Å². The lowest BCUT2D eigenvalue weighted by molar-refractivity contribution is 0.313. The molecule has 0 aliphatic rings. The summed E-state index contributed by atoms with van der Waals surface area (Å²) in [5.74, 6) is 0.506. The minimum Gasteiger partial charge on any atom is -0.491 e. The molecule has 0 atom stereocenters. The zero-order valence-corrected chi connectivity index (χ0v) is 11.2. The molecule has 0 bridgehead atoms. The first-order valence-corrected chi connectivity index (χ1v) is 6.54. The van der Waals surface area contributed by atoms with Gasteiger partial charge in [0, 0.05) is 17.5 Å². The van der Waals surface area contributed by atoms with E-state index in [4.69, 9.17) is 15.7 Å². The standard InChI is InChI=1S/C12H14N4O2S/c1-8-11(19-7-15-8)3-5-18-10-6-14-4-2-9(10)12(13)16-17/h2,4,6-7,17H,3,5H2,1H3,(H2,13,16). The fraction of sp³-hybridized carbons (Fsp3) is 0.250. The van der Waals surface area contributed by atoms with Crippen molar-refractivity contribution in [1.82, 2.24) is 9.97 Å². The number of hydrogen-bond donors (Lipinski definition) is 2. The number of hydrogen-bond acceptors (Lipinski definition) is 6. The summed E-state index contributed by atoms with van der Waals surface area (Å²) in [5, 5.41) is 11.7. The van der Waals surface area contributed by atoms with Crippen molar-refractivity contribution in [3.63, 3.8) is 0 Å². The number of ether oxygens (including phenoxy) is 1. The second kappa shape index (κ2) is 6.14. The fourth-order valence-electron chi connectivity index (χ4n) is 1.58. The first-order valence-electron chi connectivity index (χ1n) is 5.66. The van der Waals surface area contributed by atoms with E-state index in [9.17, 15) is 0 Å². The van der Waals surface area contributed by atoms with Gasteiger partial charge in [0.1, 0.15) is 5.75 Å². The average Bonchev–Trinajstić information content (AvgIpc) is 2.84. The summed E-state index contributed by atoms with van der Waals surface area (Å²) in [6.07, 6.45) is 3.88. The topological polar surface area (TPSA) is 93.6 Å². The summed E-state index contributed by atoms with van der Waals surface area (Å²) in [7, 11) is 0. The van der Waals surface area contributed by atoms with Crippen molar-refractivity contribution in [3.05, 3.63) is 40.1 Å². The molecule has 6 nitrogen and oxygen atoms in total. The molecular formula is C12H14N4O2S. The summed E-state index contributed by atoms with van der Waals surface area (Å²) in [5.41, 5.74) is 8.94. The lowest BCUT2D eigenvalue weighted by Crippen LogP contribution is -2.15. The number of aryl methyl sites for hydroxylation is 1. The molecule has 3 N–H and O–H groups in total. The number of aromatic nitrogens is 2. The monoisotopic (exact) mass is 278 g/mol. The number of pyridine rings is 1. The van der Waals surface area contributed by atoms with Crippen molar-refractivity contribution in [3.8, 4) is 5.75 Å². The molecule has 7 heteroatoms. The molecule has 2 aromatic heterocycles. The summed E-state index contributed by atoms with van der Waals surface area (Å²) < 4.78 is 5.63. The zero-order valence-electron chi connectivity index (χ0n) is 10.4. The average molecular weight is 278 g/mol. The predicted molar refractivity (Wildman–Crippen MR) is 72.8 cm³/mol. The van der Waals surface area contributed by atoms with Crippen LogP contribution in [0, 0.1) is 6.92 Å². The molecule has 0 fully saturated rings. The molecule has 0 amide bonds. The molecular weight excluding hydrogens is 264 g/mol. The second-order valence-corrected chi connectivity index (χ2v) is 4.76. The van der Waals surface area contributed by atoms with Crippen LogP contribution in [0.2, 0.25) is 0 Å². The van der Waals surface area contributed by atoms with Gasteiger partial charge in [-0.1, -0.05) is 5.16 Å². The van der Waals surface area contributed by atoms with Gasteiger partial charge in [-0.05, 0) is 13.0 Å². The molecule has 0 unspecified atom stereocenters. The van der Waals surface area contributed by atoms with E-state index in [1.807, 2.05) is 12.4 Å². The van der Waals surface area contributed by atoms with Crippen molar-refractivity contribution in [2.45, 2.75) is 13.3 Å². The van der Waals surface area contributed by atoms with Crippen LogP contribution < -0.4 is 10.5 Å². The highest BCUT2D eigenvalue weighted by molar-refractivity contribution is 7.09. The van der Waals surface area contributed by atoms with E-state index in [0.717, 1.165) is 12.1 Å². The maximum atomic E-state index is 8.71. The predicted octanol–water partition coefficient (Wildman–Crippen LogP) is 1.56. The van der Waals surface area contributed by atoms with Gasteiger partial charge in [-0.3, -0.25) is 4.98 Å². The van der Waals surface area contributed by atoms with Gasteiger partial charge in [-0.15, -0.1) is 11.3 Å².